The van der Waals surface area contributed by atoms with Gasteiger partial charge in [0.2, 0.25) is 0 Å². The smallest absolute Gasteiger partial charge is 0 e. The molecule has 13 heteroatoms. The zero-order valence-corrected chi connectivity index (χ0v) is 7.51. The second-order valence-corrected chi connectivity index (χ2v) is 2.12. The third kappa shape index (κ3) is 12.8. The molecule has 0 spiro atoms. The van der Waals surface area contributed by atoms with Gasteiger partial charge in [0.15, 0.2) is 0 Å². The SMILES string of the molecule is [B][B][B][B][B][B][B][B][B][B][B][B][B]. The van der Waals surface area contributed by atoms with Crippen LogP contribution in [0.2, 0.25) is 0 Å². The molecule has 0 aliphatic heterocycles. The Morgan fingerprint density at radius 1 is 0.385 bits per heavy atom. The van der Waals surface area contributed by atoms with Gasteiger partial charge < -0.3 is 0 Å². The predicted octanol–water partition coefficient (Wildman–Crippen LogP) is -4.95. The van der Waals surface area contributed by atoms with Crippen LogP contribution >= 0.6 is 0 Å². The quantitative estimate of drug-likeness (QED) is 0.211. The first kappa shape index (κ1) is 13.8. The van der Waals surface area contributed by atoms with Crippen LogP contribution in [-0.2, 0) is 0 Å². The summed E-state index contributed by atoms with van der Waals surface area (Å²) in [6.45, 7) is 0. The molecule has 0 heterocycles. The van der Waals surface area contributed by atoms with E-state index in [4.69, 9.17) is 15.5 Å². The summed E-state index contributed by atoms with van der Waals surface area (Å²) in [5.74, 6) is 0. The molecule has 0 unspecified atom stereocenters. The molecule has 0 aliphatic rings. The normalized spacial score (nSPS) is 7.08. The van der Waals surface area contributed by atoms with Gasteiger partial charge in [-0.1, -0.05) is 0 Å². The Balaban J connectivity index is 2.76. The van der Waals surface area contributed by atoms with Gasteiger partial charge in [0.05, 0.1) is 0 Å². The highest BCUT2D eigenvalue weighted by molar-refractivity contribution is 7.71. The van der Waals surface area contributed by atoms with E-state index in [1.165, 1.54) is 14.1 Å². The fourth-order valence-electron chi connectivity index (χ4n) is 0.577. The van der Waals surface area contributed by atoms with E-state index >= 15 is 0 Å². The van der Waals surface area contributed by atoms with Gasteiger partial charge in [0.1, 0.15) is 0 Å². The summed E-state index contributed by atoms with van der Waals surface area (Å²) < 4.78 is 0. The summed E-state index contributed by atoms with van der Waals surface area (Å²) in [6, 6.07) is 0. The Morgan fingerprint density at radius 2 is 0.615 bits per heavy atom. The molecule has 0 nitrogen and oxygen atoms in total. The number of hydrogen-bond donors (Lipinski definition) is 0. The number of hydrogen-bond acceptors (Lipinski definition) is 0. The lowest BCUT2D eigenvalue weighted by Gasteiger charge is -1.95. The molecule has 0 aromatic carbocycles. The molecule has 0 bridgehead atoms. The summed E-state index contributed by atoms with van der Waals surface area (Å²) in [6.07, 6.45) is 0. The molecule has 0 saturated heterocycles. The molecule has 0 aromatic heterocycles. The Labute approximate surface area is 93.3 Å². The van der Waals surface area contributed by atoms with Crippen LogP contribution in [0.1, 0.15) is 0 Å². The molecule has 0 amide bonds. The van der Waals surface area contributed by atoms with Crippen LogP contribution in [0.4, 0.5) is 0 Å². The van der Waals surface area contributed by atoms with Gasteiger partial charge in [-0.05, 0) is 0 Å². The highest BCUT2D eigenvalue weighted by Crippen LogP contribution is 1.58. The summed E-state index contributed by atoms with van der Waals surface area (Å²) in [7, 11) is 30.0. The minimum atomic E-state index is 1.49. The topological polar surface area (TPSA) is 0 Å². The van der Waals surface area contributed by atoms with E-state index in [1.807, 2.05) is 49.4 Å². The molecule has 0 aromatic rings. The van der Waals surface area contributed by atoms with Crippen LogP contribution in [0.25, 0.3) is 0 Å². The van der Waals surface area contributed by atoms with Gasteiger partial charge in [-0.3, -0.25) is 0 Å². The third-order valence-electron chi connectivity index (χ3n) is 1.11. The summed E-state index contributed by atoms with van der Waals surface area (Å²) in [5, 5.41) is 0. The summed E-state index contributed by atoms with van der Waals surface area (Å²) in [5.41, 5.74) is 0. The molecule has 0 rings (SSSR count). The molecular formula is B13. The van der Waals surface area contributed by atoms with Crippen LogP contribution in [0.5, 0.6) is 0 Å². The molecule has 15 radical (unpaired) electrons. The molecular weight excluding hydrogens is 141 g/mol. The molecule has 13 heavy (non-hydrogen) atoms. The van der Waals surface area contributed by atoms with Crippen molar-refractivity contribution in [2.45, 2.75) is 0 Å². The van der Waals surface area contributed by atoms with Crippen molar-refractivity contribution in [1.29, 1.82) is 0 Å². The fourth-order valence-corrected chi connectivity index (χ4v) is 0.577. The maximum Gasteiger partial charge on any atom is 0 e. The van der Waals surface area contributed by atoms with Crippen LogP contribution in [-0.4, -0.2) is 93.1 Å². The maximum atomic E-state index is 5.13. The first-order valence-corrected chi connectivity index (χ1v) is 4.00. The molecule has 0 N–H and O–H groups in total. The van der Waals surface area contributed by atoms with Crippen molar-refractivity contribution in [3.63, 3.8) is 0 Å². The molecule has 0 atom stereocenters. The van der Waals surface area contributed by atoms with E-state index in [1.54, 1.807) is 14.1 Å². The lowest BCUT2D eigenvalue weighted by atomic mass is 8.86. The summed E-state index contributed by atoms with van der Waals surface area (Å²) >= 11 is 0. The largest absolute Gasteiger partial charge is 0 e. The molecule has 0 fully saturated rings. The van der Waals surface area contributed by atoms with E-state index in [9.17, 15) is 0 Å². The minimum Gasteiger partial charge on any atom is 0 e. The van der Waals surface area contributed by atoms with Gasteiger partial charge in [-0.2, -0.15) is 0 Å². The van der Waals surface area contributed by atoms with E-state index in [0.29, 0.717) is 0 Å². The van der Waals surface area contributed by atoms with Gasteiger partial charge in [0.25, 0.3) is 0 Å². The van der Waals surface area contributed by atoms with Crippen LogP contribution in [0.15, 0.2) is 0 Å². The first-order valence-electron chi connectivity index (χ1n) is 4.00. The Morgan fingerprint density at radius 3 is 0.846 bits per heavy atom. The van der Waals surface area contributed by atoms with Crippen LogP contribution < -0.4 is 0 Å². The molecule has 0 saturated carbocycles. The van der Waals surface area contributed by atoms with Crippen molar-refractivity contribution in [2.75, 3.05) is 0 Å². The van der Waals surface area contributed by atoms with Gasteiger partial charge >= 0.3 is 0 Å². The van der Waals surface area contributed by atoms with E-state index in [0.717, 1.165) is 0 Å². The highest BCUT2D eigenvalue weighted by atomic mass is 12.8. The van der Waals surface area contributed by atoms with E-state index < -0.39 is 0 Å². The monoisotopic (exact) mass is 143 g/mol. The van der Waals surface area contributed by atoms with Crippen molar-refractivity contribution < 1.29 is 0 Å². The van der Waals surface area contributed by atoms with Crippen LogP contribution in [0.3, 0.4) is 0 Å². The number of rotatable bonds is 10. The lowest BCUT2D eigenvalue weighted by Crippen LogP contribution is -2.33. The first-order chi connectivity index (χ1) is 6.41. The van der Waals surface area contributed by atoms with E-state index in [-0.39, 0.29) is 0 Å². The van der Waals surface area contributed by atoms with Crippen molar-refractivity contribution >= 4 is 93.1 Å². The maximum absolute atomic E-state index is 5.13. The Kier molecular flexibility index (Phi) is 13.7. The zero-order chi connectivity index (χ0) is 9.78. The summed E-state index contributed by atoms with van der Waals surface area (Å²) in [4.78, 5) is 0. The second kappa shape index (κ2) is 12.8. The van der Waals surface area contributed by atoms with Crippen molar-refractivity contribution in [3.8, 4) is 0 Å². The van der Waals surface area contributed by atoms with Gasteiger partial charge in [-0.15, -0.1) is 0 Å². The average molecular weight is 141 g/mol. The standard InChI is InChI=1S/B13/c1-3-5-7-9-11-13-12-10-8-6-4-2. The second-order valence-electron chi connectivity index (χ2n) is 2.12. The Bertz CT molecular complexity index is 66.1. The van der Waals surface area contributed by atoms with Crippen molar-refractivity contribution in [2.24, 2.45) is 0 Å². The van der Waals surface area contributed by atoms with Crippen molar-refractivity contribution in [3.05, 3.63) is 0 Å². The molecule has 39 valence electrons. The third-order valence-corrected chi connectivity index (χ3v) is 1.11. The minimum absolute atomic E-state index is 1.49. The average Bonchev–Trinajstić information content (AvgIpc) is 2.16. The highest BCUT2D eigenvalue weighted by Gasteiger charge is 1.96. The van der Waals surface area contributed by atoms with Gasteiger partial charge in [-0.25, -0.2) is 0 Å². The molecule has 0 aliphatic carbocycles. The zero-order valence-electron chi connectivity index (χ0n) is 7.51. The van der Waals surface area contributed by atoms with E-state index in [2.05, 4.69) is 0 Å². The fraction of sp³-hybridized carbons (Fsp3) is 0. The van der Waals surface area contributed by atoms with Gasteiger partial charge in [0, 0.05) is 93.1 Å². The predicted molar refractivity (Wildman–Crippen MR) is 74.8 cm³/mol. The lowest BCUT2D eigenvalue weighted by molar-refractivity contribution is 3.81. The van der Waals surface area contributed by atoms with Crippen molar-refractivity contribution in [1.82, 2.24) is 0 Å². The van der Waals surface area contributed by atoms with Crippen LogP contribution in [0, 0.1) is 0 Å². The Hall–Kier alpha value is 0.844.